The lowest BCUT2D eigenvalue weighted by atomic mass is 9.77. The van der Waals surface area contributed by atoms with Gasteiger partial charge in [0.25, 0.3) is 0 Å². The summed E-state index contributed by atoms with van der Waals surface area (Å²) in [5, 5.41) is 4.73. The van der Waals surface area contributed by atoms with Crippen molar-refractivity contribution in [2.45, 2.75) is 89.3 Å². The second-order valence-electron chi connectivity index (χ2n) is 11.1. The number of amides is 1. The average molecular weight is 499 g/mol. The number of likely N-dealkylation sites (tertiary alicyclic amines) is 1. The van der Waals surface area contributed by atoms with Crippen LogP contribution in [0.1, 0.15) is 82.3 Å². The normalized spacial score (nSPS) is 26.2. The van der Waals surface area contributed by atoms with Crippen molar-refractivity contribution in [1.29, 1.82) is 0 Å². The summed E-state index contributed by atoms with van der Waals surface area (Å²) in [6.07, 6.45) is -2.51. The summed E-state index contributed by atoms with van der Waals surface area (Å²) in [6.45, 7) is 7.16. The molecule has 1 unspecified atom stereocenters. The minimum atomic E-state index is -4.16. The molecule has 1 amide bonds. The fraction of sp³-hybridized carbons (Fsp3) is 0.720. The van der Waals surface area contributed by atoms with Crippen LogP contribution in [0.2, 0.25) is 0 Å². The number of alkyl halides is 4. The highest BCUT2D eigenvalue weighted by Crippen LogP contribution is 2.43. The Morgan fingerprint density at radius 3 is 2.46 bits per heavy atom. The van der Waals surface area contributed by atoms with Crippen LogP contribution in [0.3, 0.4) is 0 Å². The van der Waals surface area contributed by atoms with Gasteiger partial charge in [-0.2, -0.15) is 18.3 Å². The van der Waals surface area contributed by atoms with Crippen LogP contribution in [-0.4, -0.2) is 57.1 Å². The first-order valence-electron chi connectivity index (χ1n) is 12.3. The number of aromatic nitrogens is 3. The minimum Gasteiger partial charge on any atom is -0.444 e. The van der Waals surface area contributed by atoms with E-state index in [2.05, 4.69) is 4.98 Å². The molecule has 1 aliphatic carbocycles. The smallest absolute Gasteiger partial charge is 0.410 e. The summed E-state index contributed by atoms with van der Waals surface area (Å²) in [4.78, 5) is 18.9. The first kappa shape index (κ1) is 25.7. The Hall–Kier alpha value is -2.39. The van der Waals surface area contributed by atoms with Crippen LogP contribution in [0.25, 0.3) is 5.65 Å². The SMILES string of the molecule is Cc1cc(C2(CF)CCCN(C(=O)OC(C)(C)C)C2)n2nc(C3CCC(C(F)(F)F)CC3)cc2n1. The lowest BCUT2D eigenvalue weighted by Gasteiger charge is -2.41. The van der Waals surface area contributed by atoms with Gasteiger partial charge < -0.3 is 9.64 Å². The van der Waals surface area contributed by atoms with Crippen molar-refractivity contribution in [3.63, 3.8) is 0 Å². The fourth-order valence-electron chi connectivity index (χ4n) is 5.41. The van der Waals surface area contributed by atoms with E-state index < -0.39 is 35.9 Å². The van der Waals surface area contributed by atoms with Gasteiger partial charge in [-0.3, -0.25) is 0 Å². The highest BCUT2D eigenvalue weighted by Gasteiger charge is 2.44. The third kappa shape index (κ3) is 5.40. The predicted octanol–water partition coefficient (Wildman–Crippen LogP) is 6.11. The van der Waals surface area contributed by atoms with Crippen molar-refractivity contribution in [1.82, 2.24) is 19.5 Å². The van der Waals surface area contributed by atoms with E-state index in [1.807, 2.05) is 19.1 Å². The zero-order chi connectivity index (χ0) is 25.6. The Kier molecular flexibility index (Phi) is 6.79. The van der Waals surface area contributed by atoms with E-state index in [0.29, 0.717) is 55.0 Å². The number of hydrogen-bond donors (Lipinski definition) is 0. The summed E-state index contributed by atoms with van der Waals surface area (Å²) in [5.41, 5.74) is 0.940. The maximum Gasteiger partial charge on any atom is 0.410 e. The number of hydrogen-bond acceptors (Lipinski definition) is 4. The number of carbonyl (C=O) groups is 1. The molecule has 0 radical (unpaired) electrons. The van der Waals surface area contributed by atoms with Gasteiger partial charge in [-0.25, -0.2) is 18.7 Å². The van der Waals surface area contributed by atoms with Gasteiger partial charge in [-0.05, 0) is 72.3 Å². The number of piperidine rings is 1. The van der Waals surface area contributed by atoms with Gasteiger partial charge in [0.2, 0.25) is 0 Å². The van der Waals surface area contributed by atoms with Crippen LogP contribution < -0.4 is 0 Å². The summed E-state index contributed by atoms with van der Waals surface area (Å²) in [5.74, 6) is -1.35. The van der Waals surface area contributed by atoms with Crippen LogP contribution in [-0.2, 0) is 10.2 Å². The van der Waals surface area contributed by atoms with Crippen LogP contribution >= 0.6 is 0 Å². The van der Waals surface area contributed by atoms with E-state index in [4.69, 9.17) is 9.84 Å². The van der Waals surface area contributed by atoms with Gasteiger partial charge in [-0.1, -0.05) is 0 Å². The average Bonchev–Trinajstić information content (AvgIpc) is 3.20. The van der Waals surface area contributed by atoms with Gasteiger partial charge in [0, 0.05) is 30.8 Å². The number of nitrogens with zero attached hydrogens (tertiary/aromatic N) is 4. The monoisotopic (exact) mass is 498 g/mol. The first-order chi connectivity index (χ1) is 16.3. The van der Waals surface area contributed by atoms with Gasteiger partial charge in [0.15, 0.2) is 5.65 Å². The highest BCUT2D eigenvalue weighted by molar-refractivity contribution is 5.68. The summed E-state index contributed by atoms with van der Waals surface area (Å²) in [7, 11) is 0. The molecule has 35 heavy (non-hydrogen) atoms. The molecule has 2 fully saturated rings. The largest absolute Gasteiger partial charge is 0.444 e. The summed E-state index contributed by atoms with van der Waals surface area (Å²) < 4.78 is 61.3. The molecule has 0 N–H and O–H groups in total. The molecule has 0 bridgehead atoms. The Morgan fingerprint density at radius 1 is 1.17 bits per heavy atom. The molecule has 1 saturated carbocycles. The number of ether oxygens (including phenoxy) is 1. The topological polar surface area (TPSA) is 59.7 Å². The molecule has 2 aliphatic rings. The van der Waals surface area contributed by atoms with Crippen molar-refractivity contribution < 1.29 is 27.1 Å². The van der Waals surface area contributed by atoms with E-state index in [9.17, 15) is 22.4 Å². The zero-order valence-corrected chi connectivity index (χ0v) is 20.8. The van der Waals surface area contributed by atoms with Crippen LogP contribution in [0, 0.1) is 12.8 Å². The lowest BCUT2D eigenvalue weighted by Crippen LogP contribution is -2.51. The molecule has 3 heterocycles. The Balaban J connectivity index is 1.64. The molecule has 1 atom stereocenters. The van der Waals surface area contributed by atoms with E-state index >= 15 is 0 Å². The van der Waals surface area contributed by atoms with E-state index in [1.165, 1.54) is 0 Å². The molecule has 1 saturated heterocycles. The van der Waals surface area contributed by atoms with Crippen molar-refractivity contribution in [2.75, 3.05) is 19.8 Å². The number of carbonyl (C=O) groups excluding carboxylic acids is 1. The van der Waals surface area contributed by atoms with Gasteiger partial charge in [-0.15, -0.1) is 0 Å². The number of halogens is 4. The lowest BCUT2D eigenvalue weighted by molar-refractivity contribution is -0.182. The number of rotatable bonds is 3. The van der Waals surface area contributed by atoms with E-state index in [1.54, 1.807) is 30.2 Å². The zero-order valence-electron chi connectivity index (χ0n) is 20.8. The van der Waals surface area contributed by atoms with Crippen LogP contribution in [0.15, 0.2) is 12.1 Å². The fourth-order valence-corrected chi connectivity index (χ4v) is 5.41. The highest BCUT2D eigenvalue weighted by atomic mass is 19.4. The first-order valence-corrected chi connectivity index (χ1v) is 12.3. The molecule has 6 nitrogen and oxygen atoms in total. The van der Waals surface area contributed by atoms with Crippen molar-refractivity contribution in [3.8, 4) is 0 Å². The van der Waals surface area contributed by atoms with Crippen molar-refractivity contribution in [3.05, 3.63) is 29.2 Å². The Bertz CT molecular complexity index is 1070. The third-order valence-corrected chi connectivity index (χ3v) is 7.21. The van der Waals surface area contributed by atoms with Gasteiger partial charge >= 0.3 is 12.3 Å². The molecular weight excluding hydrogens is 464 g/mol. The molecule has 2 aromatic heterocycles. The second-order valence-corrected chi connectivity index (χ2v) is 11.1. The molecule has 0 aromatic carbocycles. The minimum absolute atomic E-state index is 0.0839. The molecule has 2 aromatic rings. The van der Waals surface area contributed by atoms with Crippen LogP contribution in [0.4, 0.5) is 22.4 Å². The van der Waals surface area contributed by atoms with Gasteiger partial charge in [0.1, 0.15) is 12.3 Å². The van der Waals surface area contributed by atoms with Gasteiger partial charge in [0.05, 0.1) is 22.7 Å². The quantitative estimate of drug-likeness (QED) is 0.479. The molecule has 194 valence electrons. The standard InChI is InChI=1S/C25H34F4N4O2/c1-16-12-20(24(14-26)10-5-11-32(15-24)22(34)35-23(2,3)4)33-21(30-16)13-19(31-33)17-6-8-18(9-7-17)25(27,28)29/h12-13,17-18H,5-11,14-15H2,1-4H3. The molecule has 4 rings (SSSR count). The summed E-state index contributed by atoms with van der Waals surface area (Å²) in [6, 6.07) is 3.62. The number of fused-ring (bicyclic) bond motifs is 1. The third-order valence-electron chi connectivity index (χ3n) is 7.21. The maximum absolute atomic E-state index is 14.8. The van der Waals surface area contributed by atoms with Crippen molar-refractivity contribution >= 4 is 11.7 Å². The molecule has 10 heteroatoms. The Morgan fingerprint density at radius 2 is 1.86 bits per heavy atom. The van der Waals surface area contributed by atoms with E-state index in [0.717, 1.165) is 0 Å². The summed E-state index contributed by atoms with van der Waals surface area (Å²) >= 11 is 0. The van der Waals surface area contributed by atoms with E-state index in [-0.39, 0.29) is 25.3 Å². The second kappa shape index (κ2) is 9.24. The number of aryl methyl sites for hydroxylation is 1. The molecule has 0 spiro atoms. The van der Waals surface area contributed by atoms with Crippen LogP contribution in [0.5, 0.6) is 0 Å². The predicted molar refractivity (Wildman–Crippen MR) is 123 cm³/mol. The van der Waals surface area contributed by atoms with Crippen molar-refractivity contribution in [2.24, 2.45) is 5.92 Å². The molecule has 1 aliphatic heterocycles. The maximum atomic E-state index is 14.8. The Labute approximate surface area is 203 Å². The molecular formula is C25H34F4N4O2.